The lowest BCUT2D eigenvalue weighted by Crippen LogP contribution is -2.25. The average Bonchev–Trinajstić information content (AvgIpc) is 2.62. The Labute approximate surface area is 98.0 Å². The molecule has 2 N–H and O–H groups in total. The summed E-state index contributed by atoms with van der Waals surface area (Å²) >= 11 is 0. The predicted molar refractivity (Wildman–Crippen MR) is 58.5 cm³/mol. The van der Waals surface area contributed by atoms with Crippen molar-refractivity contribution in [1.29, 1.82) is 0 Å². The fraction of sp³-hybridized carbons (Fsp3) is 0.375. The van der Waals surface area contributed by atoms with E-state index in [-0.39, 0.29) is 18.8 Å². The SMILES string of the molecule is C=CCS(=O)(=O)NCc1cn(CC(=O)O)nn1. The van der Waals surface area contributed by atoms with E-state index in [1.54, 1.807) is 0 Å². The number of nitrogens with one attached hydrogen (secondary N) is 1. The molecule has 1 aromatic rings. The van der Waals surface area contributed by atoms with Crippen molar-refractivity contribution in [3.05, 3.63) is 24.5 Å². The average molecular weight is 260 g/mol. The van der Waals surface area contributed by atoms with Gasteiger partial charge < -0.3 is 5.11 Å². The van der Waals surface area contributed by atoms with Gasteiger partial charge in [-0.15, -0.1) is 11.7 Å². The lowest BCUT2D eigenvalue weighted by molar-refractivity contribution is -0.137. The van der Waals surface area contributed by atoms with Crippen LogP contribution in [0.1, 0.15) is 5.69 Å². The molecule has 0 aliphatic heterocycles. The number of hydrogen-bond donors (Lipinski definition) is 2. The summed E-state index contributed by atoms with van der Waals surface area (Å²) in [6, 6.07) is 0. The quantitative estimate of drug-likeness (QED) is 0.606. The Morgan fingerprint density at radius 2 is 2.35 bits per heavy atom. The van der Waals surface area contributed by atoms with E-state index >= 15 is 0 Å². The Balaban J connectivity index is 2.55. The van der Waals surface area contributed by atoms with Crippen LogP contribution in [0.25, 0.3) is 0 Å². The molecule has 0 saturated carbocycles. The fourth-order valence-corrected chi connectivity index (χ4v) is 1.83. The third-order valence-electron chi connectivity index (χ3n) is 1.69. The Morgan fingerprint density at radius 1 is 1.65 bits per heavy atom. The Hall–Kier alpha value is -1.74. The maximum atomic E-state index is 11.3. The van der Waals surface area contributed by atoms with Crippen LogP contribution in [0.4, 0.5) is 0 Å². The third-order valence-corrected chi connectivity index (χ3v) is 2.95. The summed E-state index contributed by atoms with van der Waals surface area (Å²) in [5.41, 5.74) is 0.346. The fourth-order valence-electron chi connectivity index (χ4n) is 1.03. The van der Waals surface area contributed by atoms with E-state index in [0.717, 1.165) is 4.68 Å². The number of sulfonamides is 1. The predicted octanol–water partition coefficient (Wildman–Crippen LogP) is -1.03. The van der Waals surface area contributed by atoms with Gasteiger partial charge in [-0.1, -0.05) is 11.3 Å². The van der Waals surface area contributed by atoms with E-state index in [1.807, 2.05) is 0 Å². The van der Waals surface area contributed by atoms with Gasteiger partial charge in [-0.3, -0.25) is 4.79 Å². The molecule has 0 aromatic carbocycles. The van der Waals surface area contributed by atoms with E-state index in [0.29, 0.717) is 5.69 Å². The Kier molecular flexibility index (Phi) is 4.35. The Morgan fingerprint density at radius 3 is 2.94 bits per heavy atom. The summed E-state index contributed by atoms with van der Waals surface area (Å²) in [4.78, 5) is 10.4. The monoisotopic (exact) mass is 260 g/mol. The molecule has 0 aliphatic rings. The first-order valence-corrected chi connectivity index (χ1v) is 6.27. The number of hydrogen-bond acceptors (Lipinski definition) is 5. The molecule has 0 radical (unpaired) electrons. The molecule has 0 bridgehead atoms. The molecule has 0 fully saturated rings. The molecule has 8 nitrogen and oxygen atoms in total. The summed E-state index contributed by atoms with van der Waals surface area (Å²) < 4.78 is 25.9. The van der Waals surface area contributed by atoms with E-state index in [2.05, 4.69) is 21.6 Å². The van der Waals surface area contributed by atoms with Crippen molar-refractivity contribution in [2.24, 2.45) is 0 Å². The van der Waals surface area contributed by atoms with Crippen molar-refractivity contribution < 1.29 is 18.3 Å². The van der Waals surface area contributed by atoms with Crippen LogP contribution in [0.5, 0.6) is 0 Å². The van der Waals surface area contributed by atoms with Crippen LogP contribution in [0.3, 0.4) is 0 Å². The van der Waals surface area contributed by atoms with Crippen molar-refractivity contribution in [2.45, 2.75) is 13.1 Å². The van der Waals surface area contributed by atoms with Crippen LogP contribution in [-0.4, -0.2) is 40.2 Å². The zero-order valence-electron chi connectivity index (χ0n) is 8.90. The molecular formula is C8H12N4O4S. The van der Waals surface area contributed by atoms with Crippen LogP contribution < -0.4 is 4.72 Å². The highest BCUT2D eigenvalue weighted by atomic mass is 32.2. The van der Waals surface area contributed by atoms with Crippen LogP contribution in [0.15, 0.2) is 18.9 Å². The summed E-state index contributed by atoms with van der Waals surface area (Å²) in [5.74, 6) is -1.23. The van der Waals surface area contributed by atoms with Crippen molar-refractivity contribution in [2.75, 3.05) is 5.75 Å². The second kappa shape index (κ2) is 5.55. The van der Waals surface area contributed by atoms with E-state index in [4.69, 9.17) is 5.11 Å². The second-order valence-corrected chi connectivity index (χ2v) is 5.04. The highest BCUT2D eigenvalue weighted by molar-refractivity contribution is 7.89. The molecule has 0 aliphatic carbocycles. The van der Waals surface area contributed by atoms with E-state index < -0.39 is 16.0 Å². The van der Waals surface area contributed by atoms with Gasteiger partial charge in [-0.25, -0.2) is 17.8 Å². The number of carbonyl (C=O) groups is 1. The van der Waals surface area contributed by atoms with E-state index in [9.17, 15) is 13.2 Å². The van der Waals surface area contributed by atoms with Crippen molar-refractivity contribution in [3.63, 3.8) is 0 Å². The summed E-state index contributed by atoms with van der Waals surface area (Å²) in [5, 5.41) is 15.7. The molecule has 17 heavy (non-hydrogen) atoms. The maximum Gasteiger partial charge on any atom is 0.325 e. The van der Waals surface area contributed by atoms with Gasteiger partial charge in [-0.2, -0.15) is 0 Å². The number of rotatable bonds is 7. The molecule has 0 spiro atoms. The molecule has 0 unspecified atom stereocenters. The molecule has 0 amide bonds. The van der Waals surface area contributed by atoms with Gasteiger partial charge >= 0.3 is 5.97 Å². The van der Waals surface area contributed by atoms with Gasteiger partial charge in [0.25, 0.3) is 0 Å². The molecular weight excluding hydrogens is 248 g/mol. The maximum absolute atomic E-state index is 11.3. The van der Waals surface area contributed by atoms with Gasteiger partial charge in [0.05, 0.1) is 24.2 Å². The number of aliphatic carboxylic acids is 1. The summed E-state index contributed by atoms with van der Waals surface area (Å²) in [6.45, 7) is 2.98. The first-order chi connectivity index (χ1) is 7.93. The van der Waals surface area contributed by atoms with Crippen LogP contribution in [-0.2, 0) is 27.9 Å². The summed E-state index contributed by atoms with van der Waals surface area (Å²) in [6.07, 6.45) is 2.63. The lowest BCUT2D eigenvalue weighted by atomic mass is 10.5. The van der Waals surface area contributed by atoms with Gasteiger partial charge in [0.1, 0.15) is 6.54 Å². The molecule has 1 rings (SSSR count). The topological polar surface area (TPSA) is 114 Å². The number of aromatic nitrogens is 3. The normalized spacial score (nSPS) is 11.3. The number of nitrogens with zero attached hydrogens (tertiary/aromatic N) is 3. The zero-order valence-corrected chi connectivity index (χ0v) is 9.72. The lowest BCUT2D eigenvalue weighted by Gasteiger charge is -2.00. The second-order valence-electron chi connectivity index (χ2n) is 3.19. The third kappa shape index (κ3) is 4.74. The largest absolute Gasteiger partial charge is 0.480 e. The van der Waals surface area contributed by atoms with Gasteiger partial charge in [0.15, 0.2) is 0 Å². The molecule has 0 saturated heterocycles. The smallest absolute Gasteiger partial charge is 0.325 e. The molecule has 9 heteroatoms. The molecule has 1 heterocycles. The zero-order chi connectivity index (χ0) is 12.9. The van der Waals surface area contributed by atoms with Crippen LogP contribution >= 0.6 is 0 Å². The van der Waals surface area contributed by atoms with Crippen LogP contribution in [0.2, 0.25) is 0 Å². The minimum absolute atomic E-state index is 0.0320. The van der Waals surface area contributed by atoms with Crippen molar-refractivity contribution >= 4 is 16.0 Å². The minimum Gasteiger partial charge on any atom is -0.480 e. The first-order valence-electron chi connectivity index (χ1n) is 4.62. The van der Waals surface area contributed by atoms with Crippen molar-refractivity contribution in [3.8, 4) is 0 Å². The molecule has 94 valence electrons. The number of carboxylic acids is 1. The Bertz CT molecular complexity index is 507. The molecule has 0 atom stereocenters. The van der Waals surface area contributed by atoms with E-state index in [1.165, 1.54) is 12.3 Å². The standard InChI is InChI=1S/C8H12N4O4S/c1-2-3-17(15,16)9-4-7-5-12(11-10-7)6-8(13)14/h2,5,9H,1,3-4,6H2,(H,13,14). The van der Waals surface area contributed by atoms with Gasteiger partial charge in [0.2, 0.25) is 10.0 Å². The highest BCUT2D eigenvalue weighted by Crippen LogP contribution is 1.95. The van der Waals surface area contributed by atoms with Crippen molar-refractivity contribution in [1.82, 2.24) is 19.7 Å². The van der Waals surface area contributed by atoms with Gasteiger partial charge in [0, 0.05) is 0 Å². The van der Waals surface area contributed by atoms with Gasteiger partial charge in [-0.05, 0) is 0 Å². The molecule has 1 aromatic heterocycles. The minimum atomic E-state index is -3.41. The summed E-state index contributed by atoms with van der Waals surface area (Å²) in [7, 11) is -3.41. The number of carboxylic acid groups (broad SMARTS) is 1. The first kappa shape index (κ1) is 13.3. The van der Waals surface area contributed by atoms with Crippen LogP contribution in [0, 0.1) is 0 Å². The highest BCUT2D eigenvalue weighted by Gasteiger charge is 2.09.